The summed E-state index contributed by atoms with van der Waals surface area (Å²) in [5.74, 6) is 1.82. The number of nitrogens with one attached hydrogen (secondary N) is 1. The molecule has 0 aliphatic heterocycles. The maximum Gasteiger partial charge on any atom is 0.107 e. The Morgan fingerprint density at radius 2 is 1.80 bits per heavy atom. The number of rotatable bonds is 5. The molecule has 1 aromatic heterocycles. The fraction of sp³-hybridized carbons (Fsp3) is 0.370. The van der Waals surface area contributed by atoms with Gasteiger partial charge in [0.05, 0.1) is 11.0 Å². The largest absolute Gasteiger partial charge is 0.342 e. The predicted octanol–water partition coefficient (Wildman–Crippen LogP) is 7.87. The Hall–Kier alpha value is -2.13. The summed E-state index contributed by atoms with van der Waals surface area (Å²) in [6, 6.07) is 18.0. The number of imidazole rings is 1. The average Bonchev–Trinajstić information content (AvgIpc) is 3.21. The molecule has 0 amide bonds. The zero-order valence-electron chi connectivity index (χ0n) is 17.7. The van der Waals surface area contributed by atoms with Crippen molar-refractivity contribution in [1.29, 1.82) is 0 Å². The second-order valence-corrected chi connectivity index (χ2v) is 9.49. The molecule has 0 saturated heterocycles. The molecule has 1 N–H and O–H groups in total. The molecule has 3 aromatic carbocycles. The topological polar surface area (TPSA) is 28.7 Å². The van der Waals surface area contributed by atoms with Crippen LogP contribution in [0.15, 0.2) is 53.0 Å². The molecule has 0 bridgehead atoms. The van der Waals surface area contributed by atoms with Crippen LogP contribution in [0, 0.1) is 0 Å². The first kappa shape index (κ1) is 19.8. The van der Waals surface area contributed by atoms with Gasteiger partial charge in [0.25, 0.3) is 0 Å². The lowest BCUT2D eigenvalue weighted by molar-refractivity contribution is 0.444. The van der Waals surface area contributed by atoms with Gasteiger partial charge in [-0.05, 0) is 87.1 Å². The minimum Gasteiger partial charge on any atom is -0.342 e. The van der Waals surface area contributed by atoms with Gasteiger partial charge in [-0.15, -0.1) is 0 Å². The van der Waals surface area contributed by atoms with E-state index in [1.165, 1.54) is 69.6 Å². The number of hydrogen-bond acceptors (Lipinski definition) is 1. The van der Waals surface area contributed by atoms with Crippen LogP contribution in [0.1, 0.15) is 67.5 Å². The van der Waals surface area contributed by atoms with Crippen LogP contribution >= 0.6 is 15.9 Å². The molecule has 2 nitrogen and oxygen atoms in total. The molecule has 0 atom stereocenters. The second kappa shape index (κ2) is 8.55. The van der Waals surface area contributed by atoms with Crippen molar-refractivity contribution in [2.45, 2.75) is 64.2 Å². The SMILES string of the molecule is CCc1ccc2c(CCc3nc4ccc(C5CCCCC5)cc4[nH]3)cccc2c1Br. The van der Waals surface area contributed by atoms with Crippen LogP contribution in [-0.4, -0.2) is 9.97 Å². The van der Waals surface area contributed by atoms with Crippen molar-refractivity contribution < 1.29 is 0 Å². The van der Waals surface area contributed by atoms with Crippen LogP contribution in [0.4, 0.5) is 0 Å². The first-order valence-corrected chi connectivity index (χ1v) is 12.2. The molecular weight excluding hydrogens is 432 g/mol. The Kier molecular flexibility index (Phi) is 5.64. The molecule has 1 saturated carbocycles. The lowest BCUT2D eigenvalue weighted by atomic mass is 9.84. The Balaban J connectivity index is 1.38. The van der Waals surface area contributed by atoms with Gasteiger partial charge in [0.2, 0.25) is 0 Å². The van der Waals surface area contributed by atoms with Crippen molar-refractivity contribution in [1.82, 2.24) is 9.97 Å². The van der Waals surface area contributed by atoms with Crippen LogP contribution < -0.4 is 0 Å². The number of aromatic nitrogens is 2. The molecule has 0 radical (unpaired) electrons. The molecule has 1 aliphatic rings. The third-order valence-electron chi connectivity index (χ3n) is 6.81. The van der Waals surface area contributed by atoms with E-state index in [0.717, 1.165) is 36.5 Å². The molecule has 3 heteroatoms. The highest BCUT2D eigenvalue weighted by atomic mass is 79.9. The molecule has 1 aliphatic carbocycles. The first-order valence-electron chi connectivity index (χ1n) is 11.4. The van der Waals surface area contributed by atoms with E-state index in [0.29, 0.717) is 0 Å². The van der Waals surface area contributed by atoms with E-state index in [4.69, 9.17) is 4.98 Å². The van der Waals surface area contributed by atoms with E-state index < -0.39 is 0 Å². The van der Waals surface area contributed by atoms with Gasteiger partial charge in [-0.1, -0.05) is 62.6 Å². The van der Waals surface area contributed by atoms with Gasteiger partial charge in [-0.2, -0.15) is 0 Å². The van der Waals surface area contributed by atoms with Crippen LogP contribution in [0.3, 0.4) is 0 Å². The molecule has 154 valence electrons. The summed E-state index contributed by atoms with van der Waals surface area (Å²) in [6.45, 7) is 2.21. The van der Waals surface area contributed by atoms with Crippen LogP contribution in [0.2, 0.25) is 0 Å². The molecule has 1 heterocycles. The summed E-state index contributed by atoms with van der Waals surface area (Å²) in [7, 11) is 0. The minimum absolute atomic E-state index is 0.733. The van der Waals surface area contributed by atoms with E-state index in [9.17, 15) is 0 Å². The van der Waals surface area contributed by atoms with Crippen LogP contribution in [-0.2, 0) is 19.3 Å². The lowest BCUT2D eigenvalue weighted by Gasteiger charge is -2.21. The second-order valence-electron chi connectivity index (χ2n) is 8.70. The third-order valence-corrected chi connectivity index (χ3v) is 7.75. The standard InChI is InChI=1S/C27H29BrN2/c1-2-18-11-14-22-20(9-6-10-23(22)27(18)28)13-16-26-29-24-15-12-21(17-25(24)30-26)19-7-4-3-5-8-19/h6,9-12,14-15,17,19H,2-5,7-8,13,16H2,1H3,(H,29,30). The molecular formula is C27H29BrN2. The van der Waals surface area contributed by atoms with Crippen molar-refractivity contribution in [3.8, 4) is 0 Å². The van der Waals surface area contributed by atoms with Crippen molar-refractivity contribution in [3.63, 3.8) is 0 Å². The van der Waals surface area contributed by atoms with Gasteiger partial charge in [0, 0.05) is 10.9 Å². The summed E-state index contributed by atoms with van der Waals surface area (Å²) < 4.78 is 1.24. The third kappa shape index (κ3) is 3.80. The number of halogens is 1. The van der Waals surface area contributed by atoms with Gasteiger partial charge in [-0.3, -0.25) is 0 Å². The number of nitrogens with zero attached hydrogens (tertiary/aromatic N) is 1. The normalized spacial score (nSPS) is 15.3. The molecule has 1 fully saturated rings. The Bertz CT molecular complexity index is 1180. The van der Waals surface area contributed by atoms with E-state index in [1.54, 1.807) is 0 Å². The van der Waals surface area contributed by atoms with E-state index in [1.807, 2.05) is 0 Å². The Morgan fingerprint density at radius 1 is 0.933 bits per heavy atom. The van der Waals surface area contributed by atoms with Gasteiger partial charge >= 0.3 is 0 Å². The Labute approximate surface area is 187 Å². The van der Waals surface area contributed by atoms with Crippen molar-refractivity contribution in [3.05, 3.63) is 75.5 Å². The average molecular weight is 461 g/mol. The maximum atomic E-state index is 4.87. The van der Waals surface area contributed by atoms with Gasteiger partial charge in [0.1, 0.15) is 5.82 Å². The number of H-pyrrole nitrogens is 1. The number of aromatic amines is 1. The number of hydrogen-bond donors (Lipinski definition) is 1. The summed E-state index contributed by atoms with van der Waals surface area (Å²) in [5.41, 5.74) is 6.53. The van der Waals surface area contributed by atoms with Crippen molar-refractivity contribution in [2.75, 3.05) is 0 Å². The highest BCUT2D eigenvalue weighted by Crippen LogP contribution is 2.34. The van der Waals surface area contributed by atoms with Crippen molar-refractivity contribution >= 4 is 37.7 Å². The van der Waals surface area contributed by atoms with Crippen molar-refractivity contribution in [2.24, 2.45) is 0 Å². The molecule has 0 spiro atoms. The molecule has 4 aromatic rings. The summed E-state index contributed by atoms with van der Waals surface area (Å²) in [6.07, 6.45) is 9.78. The highest BCUT2D eigenvalue weighted by molar-refractivity contribution is 9.10. The fourth-order valence-electron chi connectivity index (χ4n) is 5.06. The number of aryl methyl sites for hydroxylation is 3. The first-order chi connectivity index (χ1) is 14.7. The van der Waals surface area contributed by atoms with E-state index in [2.05, 4.69) is 76.4 Å². The molecule has 30 heavy (non-hydrogen) atoms. The minimum atomic E-state index is 0.733. The monoisotopic (exact) mass is 460 g/mol. The van der Waals surface area contributed by atoms with Crippen LogP contribution in [0.5, 0.6) is 0 Å². The number of benzene rings is 3. The predicted molar refractivity (Wildman–Crippen MR) is 130 cm³/mol. The van der Waals surface area contributed by atoms with Gasteiger partial charge in [-0.25, -0.2) is 4.98 Å². The zero-order valence-corrected chi connectivity index (χ0v) is 19.3. The molecule has 0 unspecified atom stereocenters. The summed E-state index contributed by atoms with van der Waals surface area (Å²) >= 11 is 3.82. The maximum absolute atomic E-state index is 4.87. The van der Waals surface area contributed by atoms with E-state index >= 15 is 0 Å². The summed E-state index contributed by atoms with van der Waals surface area (Å²) in [5, 5.41) is 2.66. The Morgan fingerprint density at radius 3 is 2.63 bits per heavy atom. The van der Waals surface area contributed by atoms with Gasteiger partial charge < -0.3 is 4.98 Å². The van der Waals surface area contributed by atoms with E-state index in [-0.39, 0.29) is 0 Å². The zero-order chi connectivity index (χ0) is 20.5. The molecule has 5 rings (SSSR count). The quantitative estimate of drug-likeness (QED) is 0.322. The smallest absolute Gasteiger partial charge is 0.107 e. The van der Waals surface area contributed by atoms with Crippen LogP contribution in [0.25, 0.3) is 21.8 Å². The van der Waals surface area contributed by atoms with Gasteiger partial charge in [0.15, 0.2) is 0 Å². The fourth-order valence-corrected chi connectivity index (χ4v) is 5.82. The summed E-state index contributed by atoms with van der Waals surface area (Å²) in [4.78, 5) is 8.48. The lowest BCUT2D eigenvalue weighted by Crippen LogP contribution is -2.04. The number of fused-ring (bicyclic) bond motifs is 2. The highest BCUT2D eigenvalue weighted by Gasteiger charge is 2.16.